The molecule has 2 aromatic rings. The van der Waals surface area contributed by atoms with Crippen molar-refractivity contribution in [2.45, 2.75) is 26.0 Å². The van der Waals surface area contributed by atoms with Crippen molar-refractivity contribution in [1.82, 2.24) is 19.4 Å². The van der Waals surface area contributed by atoms with Crippen LogP contribution in [0.15, 0.2) is 30.3 Å². The minimum Gasteiger partial charge on any atom is -0.340 e. The van der Waals surface area contributed by atoms with Crippen LogP contribution in [0.2, 0.25) is 0 Å². The molecule has 0 atom stereocenters. The molecular formula is C18H24N4O3S. The van der Waals surface area contributed by atoms with E-state index in [-0.39, 0.29) is 11.7 Å². The van der Waals surface area contributed by atoms with Crippen LogP contribution in [0.3, 0.4) is 0 Å². The van der Waals surface area contributed by atoms with E-state index in [2.05, 4.69) is 10.2 Å². The summed E-state index contributed by atoms with van der Waals surface area (Å²) in [6.45, 7) is 5.29. The second kappa shape index (κ2) is 7.59. The van der Waals surface area contributed by atoms with Crippen molar-refractivity contribution in [3.63, 3.8) is 0 Å². The number of carbonyl (C=O) groups is 1. The zero-order valence-corrected chi connectivity index (χ0v) is 15.9. The topological polar surface area (TPSA) is 86.4 Å². The van der Waals surface area contributed by atoms with Crippen molar-refractivity contribution in [1.29, 1.82) is 0 Å². The van der Waals surface area contributed by atoms with E-state index in [1.165, 1.54) is 4.31 Å². The molecule has 3 rings (SSSR count). The summed E-state index contributed by atoms with van der Waals surface area (Å²) >= 11 is 0. The van der Waals surface area contributed by atoms with Crippen molar-refractivity contribution in [3.05, 3.63) is 52.8 Å². The lowest BCUT2D eigenvalue weighted by molar-refractivity contribution is -0.131. The Labute approximate surface area is 154 Å². The first-order valence-electron chi connectivity index (χ1n) is 8.67. The molecule has 7 nitrogen and oxygen atoms in total. The van der Waals surface area contributed by atoms with Crippen molar-refractivity contribution in [2.24, 2.45) is 0 Å². The Balaban J connectivity index is 1.57. The number of amides is 1. The fourth-order valence-corrected chi connectivity index (χ4v) is 4.71. The van der Waals surface area contributed by atoms with Gasteiger partial charge in [-0.05, 0) is 19.4 Å². The Morgan fingerprint density at radius 2 is 1.77 bits per heavy atom. The molecule has 2 heterocycles. The summed E-state index contributed by atoms with van der Waals surface area (Å²) in [5.74, 6) is 0.00700. The number of aryl methyl sites for hydroxylation is 2. The lowest BCUT2D eigenvalue weighted by atomic mass is 10.1. The minimum atomic E-state index is -3.37. The molecule has 1 aliphatic rings. The number of nitrogens with zero attached hydrogens (tertiary/aromatic N) is 3. The van der Waals surface area contributed by atoms with E-state index in [4.69, 9.17) is 0 Å². The third kappa shape index (κ3) is 4.13. The first-order valence-corrected chi connectivity index (χ1v) is 10.3. The van der Waals surface area contributed by atoms with E-state index in [0.29, 0.717) is 32.6 Å². The maximum absolute atomic E-state index is 12.6. The number of nitrogens with one attached hydrogen (secondary N) is 1. The smallest absolute Gasteiger partial charge is 0.227 e. The van der Waals surface area contributed by atoms with Gasteiger partial charge in [-0.25, -0.2) is 8.42 Å². The first-order chi connectivity index (χ1) is 12.4. The van der Waals surface area contributed by atoms with Gasteiger partial charge in [0, 0.05) is 37.4 Å². The van der Waals surface area contributed by atoms with Gasteiger partial charge in [0.2, 0.25) is 15.9 Å². The van der Waals surface area contributed by atoms with Crippen molar-refractivity contribution in [2.75, 3.05) is 26.2 Å². The van der Waals surface area contributed by atoms with Gasteiger partial charge in [0.25, 0.3) is 0 Å². The van der Waals surface area contributed by atoms with Gasteiger partial charge in [0.05, 0.1) is 17.9 Å². The number of sulfonamides is 1. The second-order valence-electron chi connectivity index (χ2n) is 6.61. The number of aromatic amines is 1. The average molecular weight is 376 g/mol. The summed E-state index contributed by atoms with van der Waals surface area (Å²) in [5.41, 5.74) is 3.44. The number of rotatable bonds is 5. The normalized spacial score (nSPS) is 16.0. The molecule has 1 N–H and O–H groups in total. The Bertz CT molecular complexity index is 850. The van der Waals surface area contributed by atoms with Crippen LogP contribution in [0.5, 0.6) is 0 Å². The molecule has 1 saturated heterocycles. The molecule has 1 aromatic heterocycles. The second-order valence-corrected chi connectivity index (χ2v) is 8.58. The highest BCUT2D eigenvalue weighted by molar-refractivity contribution is 7.88. The number of benzene rings is 1. The van der Waals surface area contributed by atoms with Gasteiger partial charge < -0.3 is 4.90 Å². The summed E-state index contributed by atoms with van der Waals surface area (Å²) in [5, 5.41) is 7.00. The fraction of sp³-hybridized carbons (Fsp3) is 0.444. The maximum atomic E-state index is 12.6. The van der Waals surface area contributed by atoms with Crippen LogP contribution in [-0.2, 0) is 27.0 Å². The lowest BCUT2D eigenvalue weighted by Crippen LogP contribution is -2.51. The van der Waals surface area contributed by atoms with Crippen molar-refractivity contribution in [3.8, 4) is 0 Å². The van der Waals surface area contributed by atoms with E-state index in [0.717, 1.165) is 22.5 Å². The molecular weight excluding hydrogens is 352 g/mol. The quantitative estimate of drug-likeness (QED) is 0.851. The Morgan fingerprint density at radius 3 is 2.35 bits per heavy atom. The van der Waals surface area contributed by atoms with E-state index in [1.54, 1.807) is 4.90 Å². The van der Waals surface area contributed by atoms with Gasteiger partial charge in [-0.3, -0.25) is 9.89 Å². The highest BCUT2D eigenvalue weighted by Gasteiger charge is 2.29. The zero-order chi connectivity index (χ0) is 18.7. The van der Waals surface area contributed by atoms with Crippen LogP contribution >= 0.6 is 0 Å². The third-order valence-electron chi connectivity index (χ3n) is 4.79. The standard InChI is InChI=1S/C18H24N4O3S/c1-14-17(15(2)20-19-14)12-18(23)21-8-10-22(11-9-21)26(24,25)13-16-6-4-3-5-7-16/h3-7H,8-13H2,1-2H3,(H,19,20). The molecule has 1 amide bonds. The van der Waals surface area contributed by atoms with Crippen LogP contribution in [-0.4, -0.2) is 59.9 Å². The molecule has 0 bridgehead atoms. The molecule has 0 unspecified atom stereocenters. The summed E-state index contributed by atoms with van der Waals surface area (Å²) in [4.78, 5) is 14.3. The first kappa shape index (κ1) is 18.6. The molecule has 0 saturated carbocycles. The molecule has 26 heavy (non-hydrogen) atoms. The molecule has 8 heteroatoms. The average Bonchev–Trinajstić information content (AvgIpc) is 2.94. The highest BCUT2D eigenvalue weighted by atomic mass is 32.2. The van der Waals surface area contributed by atoms with Gasteiger partial charge in [-0.15, -0.1) is 0 Å². The molecule has 0 aliphatic carbocycles. The number of hydrogen-bond donors (Lipinski definition) is 1. The zero-order valence-electron chi connectivity index (χ0n) is 15.1. The molecule has 1 aliphatic heterocycles. The van der Waals surface area contributed by atoms with Crippen LogP contribution in [0.25, 0.3) is 0 Å². The largest absolute Gasteiger partial charge is 0.340 e. The van der Waals surface area contributed by atoms with Gasteiger partial charge in [0.1, 0.15) is 0 Å². The van der Waals surface area contributed by atoms with Gasteiger partial charge in [-0.1, -0.05) is 30.3 Å². The molecule has 140 valence electrons. The third-order valence-corrected chi connectivity index (χ3v) is 6.64. The maximum Gasteiger partial charge on any atom is 0.227 e. The van der Waals surface area contributed by atoms with Crippen LogP contribution in [0, 0.1) is 13.8 Å². The van der Waals surface area contributed by atoms with Gasteiger partial charge in [0.15, 0.2) is 0 Å². The number of H-pyrrole nitrogens is 1. The SMILES string of the molecule is Cc1n[nH]c(C)c1CC(=O)N1CCN(S(=O)(=O)Cc2ccccc2)CC1. The number of aromatic nitrogens is 2. The molecule has 0 radical (unpaired) electrons. The summed E-state index contributed by atoms with van der Waals surface area (Å²) in [6.07, 6.45) is 0.297. The van der Waals surface area contributed by atoms with E-state index < -0.39 is 10.0 Å². The fourth-order valence-electron chi connectivity index (χ4n) is 3.19. The monoisotopic (exact) mass is 376 g/mol. The predicted octanol–water partition coefficient (Wildman–Crippen LogP) is 1.24. The van der Waals surface area contributed by atoms with E-state index >= 15 is 0 Å². The van der Waals surface area contributed by atoms with Gasteiger partial charge >= 0.3 is 0 Å². The Kier molecular flexibility index (Phi) is 5.43. The van der Waals surface area contributed by atoms with E-state index in [9.17, 15) is 13.2 Å². The number of hydrogen-bond acceptors (Lipinski definition) is 4. The Hall–Kier alpha value is -2.19. The Morgan fingerprint density at radius 1 is 1.12 bits per heavy atom. The van der Waals surface area contributed by atoms with Crippen LogP contribution < -0.4 is 0 Å². The molecule has 1 fully saturated rings. The highest BCUT2D eigenvalue weighted by Crippen LogP contribution is 2.16. The summed E-state index contributed by atoms with van der Waals surface area (Å²) < 4.78 is 26.7. The van der Waals surface area contributed by atoms with E-state index in [1.807, 2.05) is 44.2 Å². The number of carbonyl (C=O) groups excluding carboxylic acids is 1. The van der Waals surface area contributed by atoms with Crippen LogP contribution in [0.4, 0.5) is 0 Å². The minimum absolute atomic E-state index is 0.00477. The lowest BCUT2D eigenvalue weighted by Gasteiger charge is -2.34. The summed E-state index contributed by atoms with van der Waals surface area (Å²) in [7, 11) is -3.37. The molecule has 1 aromatic carbocycles. The molecule has 0 spiro atoms. The number of piperazine rings is 1. The van der Waals surface area contributed by atoms with Gasteiger partial charge in [-0.2, -0.15) is 9.40 Å². The summed E-state index contributed by atoms with van der Waals surface area (Å²) in [6, 6.07) is 9.16. The predicted molar refractivity (Wildman–Crippen MR) is 99.0 cm³/mol. The van der Waals surface area contributed by atoms with Crippen LogP contribution in [0.1, 0.15) is 22.5 Å². The van der Waals surface area contributed by atoms with Crippen molar-refractivity contribution >= 4 is 15.9 Å². The van der Waals surface area contributed by atoms with Crippen molar-refractivity contribution < 1.29 is 13.2 Å².